The Balaban J connectivity index is 1.78. The van der Waals surface area contributed by atoms with Gasteiger partial charge in [0.05, 0.1) is 28.4 Å². The number of methoxy groups -OCH3 is 1. The third-order valence-electron chi connectivity index (χ3n) is 3.97. The van der Waals surface area contributed by atoms with E-state index in [2.05, 4.69) is 15.6 Å². The van der Waals surface area contributed by atoms with Crippen LogP contribution < -0.4 is 15.4 Å². The zero-order valence-electron chi connectivity index (χ0n) is 15.9. The molecule has 0 aliphatic rings. The van der Waals surface area contributed by atoms with E-state index in [9.17, 15) is 14.9 Å². The third kappa shape index (κ3) is 4.98. The molecular weight excluding hydrogens is 396 g/mol. The fourth-order valence-corrected chi connectivity index (χ4v) is 3.53. The van der Waals surface area contributed by atoms with Crippen molar-refractivity contribution < 1.29 is 19.2 Å². The molecule has 0 aliphatic carbocycles. The monoisotopic (exact) mass is 416 g/mol. The number of hydrogen-bond acceptors (Lipinski definition) is 8. The summed E-state index contributed by atoms with van der Waals surface area (Å²) < 4.78 is 11.3. The smallest absolute Gasteiger partial charge is 0.293 e. The second kappa shape index (κ2) is 9.30. The van der Waals surface area contributed by atoms with Gasteiger partial charge in [0.1, 0.15) is 11.4 Å². The summed E-state index contributed by atoms with van der Waals surface area (Å²) in [5, 5.41) is 17.4. The number of fused-ring (bicyclic) bond motifs is 1. The predicted octanol–water partition coefficient (Wildman–Crippen LogP) is 3.91. The zero-order chi connectivity index (χ0) is 20.8. The number of benzene rings is 2. The summed E-state index contributed by atoms with van der Waals surface area (Å²) in [6.45, 7) is 3.28. The summed E-state index contributed by atoms with van der Waals surface area (Å²) in [4.78, 5) is 27.8. The fourth-order valence-electron chi connectivity index (χ4n) is 2.65. The molecule has 29 heavy (non-hydrogen) atoms. The molecule has 0 saturated carbocycles. The van der Waals surface area contributed by atoms with E-state index >= 15 is 0 Å². The standard InChI is InChI=1S/C19H20N4O5S/c1-3-28-13-5-7-15-17(11-13)29-19(21-15)22-18(24)12-4-6-14(20-8-9-27-2)16(10-12)23(25)26/h4-7,10-11,20H,3,8-9H2,1-2H3,(H,21,22,24). The molecule has 3 rings (SSSR count). The van der Waals surface area contributed by atoms with E-state index in [1.165, 1.54) is 29.5 Å². The number of carbonyl (C=O) groups excluding carboxylic acids is 1. The Morgan fingerprint density at radius 1 is 1.28 bits per heavy atom. The second-order valence-corrected chi connectivity index (χ2v) is 6.97. The summed E-state index contributed by atoms with van der Waals surface area (Å²) in [5.74, 6) is 0.259. The number of nitrogens with zero attached hydrogens (tertiary/aromatic N) is 2. The van der Waals surface area contributed by atoms with Crippen molar-refractivity contribution in [3.63, 3.8) is 0 Å². The molecule has 1 amide bonds. The molecule has 0 atom stereocenters. The van der Waals surface area contributed by atoms with Crippen LogP contribution in [0.3, 0.4) is 0 Å². The van der Waals surface area contributed by atoms with E-state index in [0.717, 1.165) is 16.0 Å². The van der Waals surface area contributed by atoms with Crippen LogP contribution in [-0.4, -0.2) is 42.7 Å². The molecule has 10 heteroatoms. The lowest BCUT2D eigenvalue weighted by molar-refractivity contribution is -0.384. The van der Waals surface area contributed by atoms with Crippen molar-refractivity contribution in [2.24, 2.45) is 0 Å². The highest BCUT2D eigenvalue weighted by Crippen LogP contribution is 2.30. The molecule has 1 heterocycles. The average molecular weight is 416 g/mol. The second-order valence-electron chi connectivity index (χ2n) is 5.94. The topological polar surface area (TPSA) is 116 Å². The highest BCUT2D eigenvalue weighted by Gasteiger charge is 2.18. The lowest BCUT2D eigenvalue weighted by atomic mass is 10.1. The summed E-state index contributed by atoms with van der Waals surface area (Å²) in [6.07, 6.45) is 0. The number of aromatic nitrogens is 1. The van der Waals surface area contributed by atoms with Gasteiger partial charge in [-0.15, -0.1) is 0 Å². The highest BCUT2D eigenvalue weighted by atomic mass is 32.1. The third-order valence-corrected chi connectivity index (χ3v) is 4.90. The number of nitro benzene ring substituents is 1. The number of anilines is 2. The lowest BCUT2D eigenvalue weighted by Gasteiger charge is -2.08. The molecule has 3 aromatic rings. The molecule has 0 spiro atoms. The number of nitro groups is 1. The van der Waals surface area contributed by atoms with Crippen LogP contribution in [-0.2, 0) is 4.74 Å². The van der Waals surface area contributed by atoms with Crippen LogP contribution in [0.4, 0.5) is 16.5 Å². The van der Waals surface area contributed by atoms with Crippen molar-refractivity contribution in [2.75, 3.05) is 37.5 Å². The molecule has 0 radical (unpaired) electrons. The van der Waals surface area contributed by atoms with E-state index < -0.39 is 10.8 Å². The number of rotatable bonds is 9. The van der Waals surface area contributed by atoms with Crippen LogP contribution in [0.25, 0.3) is 10.2 Å². The Kier molecular flexibility index (Phi) is 6.57. The minimum atomic E-state index is -0.529. The lowest BCUT2D eigenvalue weighted by Crippen LogP contribution is -2.13. The van der Waals surface area contributed by atoms with Gasteiger partial charge in [-0.2, -0.15) is 0 Å². The van der Waals surface area contributed by atoms with Gasteiger partial charge in [-0.05, 0) is 37.3 Å². The summed E-state index contributed by atoms with van der Waals surface area (Å²) in [6, 6.07) is 9.77. The van der Waals surface area contributed by atoms with E-state index in [1.54, 1.807) is 7.11 Å². The van der Waals surface area contributed by atoms with Crippen LogP contribution in [0, 0.1) is 10.1 Å². The van der Waals surface area contributed by atoms with Crippen molar-refractivity contribution in [3.05, 3.63) is 52.1 Å². The molecule has 0 bridgehead atoms. The molecule has 0 fully saturated rings. The molecule has 0 unspecified atom stereocenters. The molecule has 0 saturated heterocycles. The average Bonchev–Trinajstić information content (AvgIpc) is 3.10. The van der Waals surface area contributed by atoms with Gasteiger partial charge in [-0.25, -0.2) is 4.98 Å². The number of thiazole rings is 1. The maximum Gasteiger partial charge on any atom is 0.293 e. The molecule has 2 aromatic carbocycles. The van der Waals surface area contributed by atoms with Crippen molar-refractivity contribution >= 4 is 44.0 Å². The quantitative estimate of drug-likeness (QED) is 0.309. The van der Waals surface area contributed by atoms with Gasteiger partial charge >= 0.3 is 0 Å². The van der Waals surface area contributed by atoms with Crippen LogP contribution in [0.5, 0.6) is 5.75 Å². The van der Waals surface area contributed by atoms with Crippen LogP contribution >= 0.6 is 11.3 Å². The molecule has 152 valence electrons. The number of carbonyl (C=O) groups is 1. The van der Waals surface area contributed by atoms with Crippen molar-refractivity contribution in [1.82, 2.24) is 4.98 Å². The first-order valence-electron chi connectivity index (χ1n) is 8.87. The summed E-state index contributed by atoms with van der Waals surface area (Å²) in [5.41, 5.74) is 1.05. The van der Waals surface area contributed by atoms with Crippen molar-refractivity contribution in [2.45, 2.75) is 6.92 Å². The fraction of sp³-hybridized carbons (Fsp3) is 0.263. The van der Waals surface area contributed by atoms with Gasteiger partial charge in [0, 0.05) is 25.3 Å². The van der Waals surface area contributed by atoms with Gasteiger partial charge in [0.25, 0.3) is 11.6 Å². The Bertz CT molecular complexity index is 1040. The van der Waals surface area contributed by atoms with E-state index in [1.807, 2.05) is 25.1 Å². The first-order chi connectivity index (χ1) is 14.0. The van der Waals surface area contributed by atoms with Crippen molar-refractivity contribution in [1.29, 1.82) is 0 Å². The van der Waals surface area contributed by atoms with Crippen LogP contribution in [0.1, 0.15) is 17.3 Å². The molecule has 9 nitrogen and oxygen atoms in total. The van der Waals surface area contributed by atoms with E-state index in [0.29, 0.717) is 30.6 Å². The molecule has 0 aliphatic heterocycles. The first kappa shape index (κ1) is 20.5. The Morgan fingerprint density at radius 3 is 2.83 bits per heavy atom. The molecule has 2 N–H and O–H groups in total. The Labute approximate surface area is 170 Å². The minimum absolute atomic E-state index is 0.170. The maximum atomic E-state index is 12.6. The number of amides is 1. The number of hydrogen-bond donors (Lipinski definition) is 2. The highest BCUT2D eigenvalue weighted by molar-refractivity contribution is 7.22. The van der Waals surface area contributed by atoms with Crippen LogP contribution in [0.15, 0.2) is 36.4 Å². The normalized spacial score (nSPS) is 10.7. The molecular formula is C19H20N4O5S. The molecule has 1 aromatic heterocycles. The van der Waals surface area contributed by atoms with Gasteiger partial charge in [-0.3, -0.25) is 20.2 Å². The Morgan fingerprint density at radius 2 is 2.10 bits per heavy atom. The SMILES string of the molecule is CCOc1ccc2nc(NC(=O)c3ccc(NCCOC)c([N+](=O)[O-])c3)sc2c1. The summed E-state index contributed by atoms with van der Waals surface area (Å²) >= 11 is 1.30. The van der Waals surface area contributed by atoms with E-state index in [-0.39, 0.29) is 11.3 Å². The minimum Gasteiger partial charge on any atom is -0.494 e. The maximum absolute atomic E-state index is 12.6. The largest absolute Gasteiger partial charge is 0.494 e. The predicted molar refractivity (Wildman–Crippen MR) is 112 cm³/mol. The van der Waals surface area contributed by atoms with Crippen molar-refractivity contribution in [3.8, 4) is 5.75 Å². The zero-order valence-corrected chi connectivity index (χ0v) is 16.7. The van der Waals surface area contributed by atoms with Gasteiger partial charge in [-0.1, -0.05) is 11.3 Å². The van der Waals surface area contributed by atoms with Crippen LogP contribution in [0.2, 0.25) is 0 Å². The first-order valence-corrected chi connectivity index (χ1v) is 9.69. The van der Waals surface area contributed by atoms with Gasteiger partial charge in [0.2, 0.25) is 0 Å². The van der Waals surface area contributed by atoms with E-state index in [4.69, 9.17) is 9.47 Å². The summed E-state index contributed by atoms with van der Waals surface area (Å²) in [7, 11) is 1.54. The van der Waals surface area contributed by atoms with Gasteiger partial charge in [0.15, 0.2) is 5.13 Å². The number of ether oxygens (including phenoxy) is 2. The Hall–Kier alpha value is -3.24. The number of nitrogens with one attached hydrogen (secondary N) is 2. The van der Waals surface area contributed by atoms with Gasteiger partial charge < -0.3 is 14.8 Å².